The zero-order valence-electron chi connectivity index (χ0n) is 15.9. The maximum Gasteiger partial charge on any atom is 0.256 e. The molecule has 1 atom stereocenters. The molecule has 0 aromatic heterocycles. The topological polar surface area (TPSA) is 47.6 Å². The Morgan fingerprint density at radius 2 is 1.78 bits per heavy atom. The van der Waals surface area contributed by atoms with Crippen LogP contribution in [-0.2, 0) is 0 Å². The lowest BCUT2D eigenvalue weighted by atomic mass is 10.1. The van der Waals surface area contributed by atoms with E-state index in [9.17, 15) is 4.79 Å². The Hall–Kier alpha value is -2.37. The third-order valence-electron chi connectivity index (χ3n) is 5.64. The largest absolute Gasteiger partial charge is 0.355 e. The van der Waals surface area contributed by atoms with Crippen molar-refractivity contribution >= 4 is 17.3 Å². The summed E-state index contributed by atoms with van der Waals surface area (Å²) >= 11 is 0. The van der Waals surface area contributed by atoms with Crippen LogP contribution in [0.4, 0.5) is 11.4 Å². The molecule has 2 aliphatic rings. The number of nitrogens with one attached hydrogen (secondary N) is 2. The van der Waals surface area contributed by atoms with Gasteiger partial charge in [-0.2, -0.15) is 0 Å². The third kappa shape index (κ3) is 4.15. The quantitative estimate of drug-likeness (QED) is 0.876. The van der Waals surface area contributed by atoms with Gasteiger partial charge in [0.2, 0.25) is 0 Å². The maximum atomic E-state index is 13.1. The van der Waals surface area contributed by atoms with Gasteiger partial charge in [-0.3, -0.25) is 9.69 Å². The minimum absolute atomic E-state index is 0.120. The van der Waals surface area contributed by atoms with Crippen molar-refractivity contribution in [3.05, 3.63) is 59.7 Å². The van der Waals surface area contributed by atoms with Crippen LogP contribution in [0.15, 0.2) is 48.5 Å². The molecule has 2 aromatic carbocycles. The zero-order valence-corrected chi connectivity index (χ0v) is 15.9. The van der Waals surface area contributed by atoms with Crippen LogP contribution in [0.25, 0.3) is 0 Å². The van der Waals surface area contributed by atoms with Crippen LogP contribution >= 0.6 is 0 Å². The molecule has 0 aliphatic carbocycles. The van der Waals surface area contributed by atoms with Gasteiger partial charge in [0, 0.05) is 44.5 Å². The standard InChI is InChI=1S/C22H28N4O/c1-17-6-8-18(9-7-17)24-21-5-3-2-4-20(21)22(27)26-14-12-25(13-15-26)19-10-11-23-16-19/h2-9,19,23-24H,10-16H2,1H3. The van der Waals surface area contributed by atoms with Gasteiger partial charge in [0.25, 0.3) is 5.91 Å². The first-order chi connectivity index (χ1) is 13.2. The van der Waals surface area contributed by atoms with Crippen molar-refractivity contribution in [3.63, 3.8) is 0 Å². The molecule has 0 spiro atoms. The van der Waals surface area contributed by atoms with Crippen molar-refractivity contribution in [2.24, 2.45) is 0 Å². The SMILES string of the molecule is Cc1ccc(Nc2ccccc2C(=O)N2CCN(C3CCNC3)CC2)cc1. The zero-order chi connectivity index (χ0) is 18.6. The van der Waals surface area contributed by atoms with Gasteiger partial charge in [0.1, 0.15) is 0 Å². The van der Waals surface area contributed by atoms with Crippen LogP contribution in [0.3, 0.4) is 0 Å². The molecule has 2 aromatic rings. The predicted molar refractivity (Wildman–Crippen MR) is 110 cm³/mol. The van der Waals surface area contributed by atoms with E-state index < -0.39 is 0 Å². The van der Waals surface area contributed by atoms with Crippen LogP contribution in [0, 0.1) is 6.92 Å². The molecule has 5 heteroatoms. The van der Waals surface area contributed by atoms with Crippen molar-refractivity contribution in [3.8, 4) is 0 Å². The van der Waals surface area contributed by atoms with E-state index in [1.54, 1.807) is 0 Å². The van der Waals surface area contributed by atoms with Crippen molar-refractivity contribution in [2.75, 3.05) is 44.6 Å². The average Bonchev–Trinajstić information content (AvgIpc) is 3.25. The molecule has 2 heterocycles. The molecule has 5 nitrogen and oxygen atoms in total. The molecule has 1 unspecified atom stereocenters. The van der Waals surface area contributed by atoms with Crippen molar-refractivity contribution < 1.29 is 4.79 Å². The van der Waals surface area contributed by atoms with E-state index in [-0.39, 0.29) is 5.91 Å². The van der Waals surface area contributed by atoms with Crippen LogP contribution in [0.2, 0.25) is 0 Å². The highest BCUT2D eigenvalue weighted by Crippen LogP contribution is 2.23. The Bertz CT molecular complexity index is 775. The van der Waals surface area contributed by atoms with Gasteiger partial charge in [-0.1, -0.05) is 29.8 Å². The van der Waals surface area contributed by atoms with Gasteiger partial charge >= 0.3 is 0 Å². The van der Waals surface area contributed by atoms with Crippen LogP contribution in [-0.4, -0.2) is 61.0 Å². The molecule has 0 bridgehead atoms. The van der Waals surface area contributed by atoms with E-state index in [2.05, 4.69) is 34.6 Å². The highest BCUT2D eigenvalue weighted by molar-refractivity contribution is 6.00. The number of piperazine rings is 1. The third-order valence-corrected chi connectivity index (χ3v) is 5.64. The van der Waals surface area contributed by atoms with Crippen molar-refractivity contribution in [1.82, 2.24) is 15.1 Å². The summed E-state index contributed by atoms with van der Waals surface area (Å²) < 4.78 is 0. The number of hydrogen-bond acceptors (Lipinski definition) is 4. The summed E-state index contributed by atoms with van der Waals surface area (Å²) in [5, 5.41) is 6.84. The fraction of sp³-hybridized carbons (Fsp3) is 0.409. The average molecular weight is 364 g/mol. The number of benzene rings is 2. The van der Waals surface area contributed by atoms with Crippen LogP contribution < -0.4 is 10.6 Å². The smallest absolute Gasteiger partial charge is 0.256 e. The minimum Gasteiger partial charge on any atom is -0.355 e. The Morgan fingerprint density at radius 3 is 2.48 bits per heavy atom. The number of carbonyl (C=O) groups is 1. The highest BCUT2D eigenvalue weighted by Gasteiger charge is 2.28. The number of amides is 1. The van der Waals surface area contributed by atoms with Gasteiger partial charge in [-0.05, 0) is 44.2 Å². The van der Waals surface area contributed by atoms with Gasteiger partial charge < -0.3 is 15.5 Å². The number of para-hydroxylation sites is 1. The molecule has 2 N–H and O–H groups in total. The lowest BCUT2D eigenvalue weighted by Crippen LogP contribution is -2.52. The number of nitrogens with zero attached hydrogens (tertiary/aromatic N) is 2. The first-order valence-electron chi connectivity index (χ1n) is 9.87. The Labute approximate surface area is 161 Å². The second kappa shape index (κ2) is 8.11. The van der Waals surface area contributed by atoms with Crippen molar-refractivity contribution in [2.45, 2.75) is 19.4 Å². The Kier molecular flexibility index (Phi) is 5.41. The number of hydrogen-bond donors (Lipinski definition) is 2. The lowest BCUT2D eigenvalue weighted by Gasteiger charge is -2.38. The van der Waals surface area contributed by atoms with E-state index in [0.717, 1.165) is 56.2 Å². The maximum absolute atomic E-state index is 13.1. The normalized spacial score (nSPS) is 20.6. The molecule has 2 saturated heterocycles. The summed E-state index contributed by atoms with van der Waals surface area (Å²) in [5.74, 6) is 0.120. The first-order valence-corrected chi connectivity index (χ1v) is 9.87. The number of anilines is 2. The molecule has 27 heavy (non-hydrogen) atoms. The van der Waals surface area contributed by atoms with E-state index in [4.69, 9.17) is 0 Å². The second-order valence-corrected chi connectivity index (χ2v) is 7.51. The summed E-state index contributed by atoms with van der Waals surface area (Å²) in [5.41, 5.74) is 3.84. The molecule has 4 rings (SSSR count). The molecule has 2 aliphatic heterocycles. The number of carbonyl (C=O) groups excluding carboxylic acids is 1. The van der Waals surface area contributed by atoms with E-state index in [1.807, 2.05) is 41.3 Å². The lowest BCUT2D eigenvalue weighted by molar-refractivity contribution is 0.0585. The van der Waals surface area contributed by atoms with Gasteiger partial charge in [0.05, 0.1) is 11.3 Å². The number of aryl methyl sites for hydroxylation is 1. The fourth-order valence-electron chi connectivity index (χ4n) is 3.98. The van der Waals surface area contributed by atoms with Crippen LogP contribution in [0.1, 0.15) is 22.3 Å². The van der Waals surface area contributed by atoms with E-state index in [0.29, 0.717) is 6.04 Å². The molecule has 0 radical (unpaired) electrons. The van der Waals surface area contributed by atoms with Crippen molar-refractivity contribution in [1.29, 1.82) is 0 Å². The minimum atomic E-state index is 0.120. The molecule has 0 saturated carbocycles. The van der Waals surface area contributed by atoms with Gasteiger partial charge in [-0.25, -0.2) is 0 Å². The molecule has 142 valence electrons. The molecule has 1 amide bonds. The first kappa shape index (κ1) is 18.0. The molecular formula is C22H28N4O. The molecular weight excluding hydrogens is 336 g/mol. The fourth-order valence-corrected chi connectivity index (χ4v) is 3.98. The molecule has 2 fully saturated rings. The summed E-state index contributed by atoms with van der Waals surface area (Å²) in [6.45, 7) is 7.79. The highest BCUT2D eigenvalue weighted by atomic mass is 16.2. The summed E-state index contributed by atoms with van der Waals surface area (Å²) in [4.78, 5) is 17.7. The predicted octanol–water partition coefficient (Wildman–Crippen LogP) is 2.86. The summed E-state index contributed by atoms with van der Waals surface area (Å²) in [6, 6.07) is 16.7. The van der Waals surface area contributed by atoms with E-state index in [1.165, 1.54) is 12.0 Å². The second-order valence-electron chi connectivity index (χ2n) is 7.51. The number of rotatable bonds is 4. The Balaban J connectivity index is 1.43. The van der Waals surface area contributed by atoms with Crippen LogP contribution in [0.5, 0.6) is 0 Å². The summed E-state index contributed by atoms with van der Waals surface area (Å²) in [6.07, 6.45) is 1.22. The van der Waals surface area contributed by atoms with E-state index >= 15 is 0 Å². The summed E-state index contributed by atoms with van der Waals surface area (Å²) in [7, 11) is 0. The van der Waals surface area contributed by atoms with Gasteiger partial charge in [-0.15, -0.1) is 0 Å². The monoisotopic (exact) mass is 364 g/mol. The van der Waals surface area contributed by atoms with Gasteiger partial charge in [0.15, 0.2) is 0 Å². The Morgan fingerprint density at radius 1 is 1.04 bits per heavy atom.